The number of hydrogen-bond donors (Lipinski definition) is 1. The zero-order chi connectivity index (χ0) is 15.8. The predicted octanol–water partition coefficient (Wildman–Crippen LogP) is 2.98. The van der Waals surface area contributed by atoms with Crippen molar-refractivity contribution in [3.8, 4) is 0 Å². The van der Waals surface area contributed by atoms with Crippen LogP contribution in [-0.4, -0.2) is 28.4 Å². The molecule has 1 aliphatic rings. The second kappa shape index (κ2) is 5.51. The standard InChI is InChI=1S/C17H23NO3/c1-5-18-14(19)10-13(16(20)21)15(18)11-6-8-12(9-7-11)17(2,3)4/h6-9,13,15H,5,10H2,1-4H3,(H,20,21). The molecule has 0 saturated carbocycles. The molecule has 0 bridgehead atoms. The van der Waals surface area contributed by atoms with Gasteiger partial charge in [0.25, 0.3) is 0 Å². The normalized spacial score (nSPS) is 22.7. The third kappa shape index (κ3) is 2.94. The summed E-state index contributed by atoms with van der Waals surface area (Å²) in [5, 5.41) is 9.38. The minimum absolute atomic E-state index is 0.0562. The highest BCUT2D eigenvalue weighted by molar-refractivity contribution is 5.87. The summed E-state index contributed by atoms with van der Waals surface area (Å²) in [4.78, 5) is 25.1. The number of hydrogen-bond acceptors (Lipinski definition) is 2. The van der Waals surface area contributed by atoms with Crippen molar-refractivity contribution in [2.24, 2.45) is 5.92 Å². The Bertz CT molecular complexity index is 542. The second-order valence-electron chi connectivity index (χ2n) is 6.65. The molecule has 114 valence electrons. The van der Waals surface area contributed by atoms with Gasteiger partial charge >= 0.3 is 5.97 Å². The number of carboxylic acids is 1. The molecule has 1 heterocycles. The van der Waals surface area contributed by atoms with Crippen LogP contribution in [0.1, 0.15) is 51.3 Å². The van der Waals surface area contributed by atoms with Gasteiger partial charge in [-0.25, -0.2) is 0 Å². The molecule has 1 amide bonds. The maximum Gasteiger partial charge on any atom is 0.309 e. The molecule has 1 saturated heterocycles. The smallest absolute Gasteiger partial charge is 0.309 e. The van der Waals surface area contributed by atoms with Crippen molar-refractivity contribution in [2.45, 2.75) is 45.6 Å². The van der Waals surface area contributed by atoms with Gasteiger partial charge in [0.2, 0.25) is 5.91 Å². The molecule has 0 aromatic heterocycles. The van der Waals surface area contributed by atoms with E-state index in [1.807, 2.05) is 31.2 Å². The van der Waals surface area contributed by atoms with Gasteiger partial charge < -0.3 is 10.0 Å². The molecule has 2 rings (SSSR count). The first-order valence-corrected chi connectivity index (χ1v) is 7.38. The van der Waals surface area contributed by atoms with E-state index in [4.69, 9.17) is 0 Å². The molecule has 4 nitrogen and oxygen atoms in total. The highest BCUT2D eigenvalue weighted by Crippen LogP contribution is 2.38. The van der Waals surface area contributed by atoms with E-state index in [1.54, 1.807) is 4.90 Å². The molecule has 0 radical (unpaired) electrons. The molecular formula is C17H23NO3. The number of amides is 1. The quantitative estimate of drug-likeness (QED) is 0.930. The van der Waals surface area contributed by atoms with Crippen LogP contribution in [0, 0.1) is 5.92 Å². The van der Waals surface area contributed by atoms with E-state index < -0.39 is 11.9 Å². The summed E-state index contributed by atoms with van der Waals surface area (Å²) < 4.78 is 0. The Hall–Kier alpha value is -1.84. The first-order valence-electron chi connectivity index (χ1n) is 7.38. The fourth-order valence-electron chi connectivity index (χ4n) is 2.98. The third-order valence-electron chi connectivity index (χ3n) is 4.21. The van der Waals surface area contributed by atoms with Crippen LogP contribution in [-0.2, 0) is 15.0 Å². The van der Waals surface area contributed by atoms with Gasteiger partial charge in [0.1, 0.15) is 0 Å². The fraction of sp³-hybridized carbons (Fsp3) is 0.529. The van der Waals surface area contributed by atoms with Crippen LogP contribution < -0.4 is 0 Å². The topological polar surface area (TPSA) is 57.6 Å². The van der Waals surface area contributed by atoms with Crippen LogP contribution in [0.4, 0.5) is 0 Å². The molecule has 2 atom stereocenters. The number of likely N-dealkylation sites (tertiary alicyclic amines) is 1. The lowest BCUT2D eigenvalue weighted by atomic mass is 9.85. The van der Waals surface area contributed by atoms with Gasteiger partial charge in [0, 0.05) is 13.0 Å². The van der Waals surface area contributed by atoms with E-state index in [2.05, 4.69) is 20.8 Å². The van der Waals surface area contributed by atoms with E-state index >= 15 is 0 Å². The van der Waals surface area contributed by atoms with Crippen molar-refractivity contribution in [3.63, 3.8) is 0 Å². The summed E-state index contributed by atoms with van der Waals surface area (Å²) in [6, 6.07) is 7.63. The van der Waals surface area contributed by atoms with Crippen LogP contribution in [0.25, 0.3) is 0 Å². The second-order valence-corrected chi connectivity index (χ2v) is 6.65. The number of carbonyl (C=O) groups excluding carboxylic acids is 1. The van der Waals surface area contributed by atoms with Crippen LogP contribution in [0.2, 0.25) is 0 Å². The van der Waals surface area contributed by atoms with E-state index in [-0.39, 0.29) is 23.8 Å². The molecule has 0 spiro atoms. The van der Waals surface area contributed by atoms with E-state index in [0.717, 1.165) is 5.56 Å². The maximum atomic E-state index is 12.0. The number of benzene rings is 1. The van der Waals surface area contributed by atoms with Crippen molar-refractivity contribution in [1.82, 2.24) is 4.90 Å². The van der Waals surface area contributed by atoms with Gasteiger partial charge in [0.05, 0.1) is 12.0 Å². The summed E-state index contributed by atoms with van der Waals surface area (Å²) in [5.41, 5.74) is 2.16. The fourth-order valence-corrected chi connectivity index (χ4v) is 2.98. The largest absolute Gasteiger partial charge is 0.481 e. The molecule has 1 aromatic rings. The molecule has 21 heavy (non-hydrogen) atoms. The Kier molecular flexibility index (Phi) is 4.08. The van der Waals surface area contributed by atoms with Crippen molar-refractivity contribution in [3.05, 3.63) is 35.4 Å². The van der Waals surface area contributed by atoms with Crippen LogP contribution in [0.3, 0.4) is 0 Å². The SMILES string of the molecule is CCN1C(=O)CC(C(=O)O)C1c1ccc(C(C)(C)C)cc1. The van der Waals surface area contributed by atoms with E-state index in [0.29, 0.717) is 6.54 Å². The molecule has 4 heteroatoms. The predicted molar refractivity (Wildman–Crippen MR) is 81.0 cm³/mol. The number of rotatable bonds is 3. The van der Waals surface area contributed by atoms with Gasteiger partial charge in [0.15, 0.2) is 0 Å². The zero-order valence-electron chi connectivity index (χ0n) is 13.1. The zero-order valence-corrected chi connectivity index (χ0v) is 13.1. The lowest BCUT2D eigenvalue weighted by Crippen LogP contribution is -2.30. The summed E-state index contributed by atoms with van der Waals surface area (Å²) in [6.07, 6.45) is 0.0921. The number of aliphatic carboxylic acids is 1. The molecule has 0 aliphatic carbocycles. The lowest BCUT2D eigenvalue weighted by molar-refractivity contribution is -0.142. The van der Waals surface area contributed by atoms with Gasteiger partial charge in [-0.05, 0) is 23.5 Å². The van der Waals surface area contributed by atoms with Gasteiger partial charge in [-0.1, -0.05) is 45.0 Å². The molecular weight excluding hydrogens is 266 g/mol. The summed E-state index contributed by atoms with van der Waals surface area (Å²) in [7, 11) is 0. The molecule has 1 aromatic carbocycles. The Morgan fingerprint density at radius 3 is 2.29 bits per heavy atom. The Balaban J connectivity index is 2.37. The molecule has 1 fully saturated rings. The van der Waals surface area contributed by atoms with Crippen molar-refractivity contribution < 1.29 is 14.7 Å². The van der Waals surface area contributed by atoms with E-state index in [9.17, 15) is 14.7 Å². The van der Waals surface area contributed by atoms with Crippen LogP contribution in [0.15, 0.2) is 24.3 Å². The van der Waals surface area contributed by atoms with Crippen molar-refractivity contribution in [2.75, 3.05) is 6.54 Å². The number of carboxylic acid groups (broad SMARTS) is 1. The summed E-state index contributed by atoms with van der Waals surface area (Å²) >= 11 is 0. The van der Waals surface area contributed by atoms with Crippen molar-refractivity contribution in [1.29, 1.82) is 0 Å². The Morgan fingerprint density at radius 1 is 1.29 bits per heavy atom. The van der Waals surface area contributed by atoms with E-state index in [1.165, 1.54) is 5.56 Å². The number of carbonyl (C=O) groups is 2. The first kappa shape index (κ1) is 15.5. The minimum Gasteiger partial charge on any atom is -0.481 e. The van der Waals surface area contributed by atoms with Crippen LogP contribution in [0.5, 0.6) is 0 Å². The maximum absolute atomic E-state index is 12.0. The third-order valence-corrected chi connectivity index (χ3v) is 4.21. The average molecular weight is 289 g/mol. The molecule has 2 unspecified atom stereocenters. The van der Waals surface area contributed by atoms with Gasteiger partial charge in [-0.3, -0.25) is 9.59 Å². The Morgan fingerprint density at radius 2 is 1.86 bits per heavy atom. The van der Waals surface area contributed by atoms with Gasteiger partial charge in [-0.15, -0.1) is 0 Å². The molecule has 1 N–H and O–H groups in total. The highest BCUT2D eigenvalue weighted by atomic mass is 16.4. The highest BCUT2D eigenvalue weighted by Gasteiger charge is 2.43. The average Bonchev–Trinajstić information content (AvgIpc) is 2.75. The first-order chi connectivity index (χ1) is 9.75. The summed E-state index contributed by atoms with van der Waals surface area (Å²) in [5.74, 6) is -1.63. The lowest BCUT2D eigenvalue weighted by Gasteiger charge is -2.27. The van der Waals surface area contributed by atoms with Crippen molar-refractivity contribution >= 4 is 11.9 Å². The number of nitrogens with zero attached hydrogens (tertiary/aromatic N) is 1. The summed E-state index contributed by atoms with van der Waals surface area (Å²) in [6.45, 7) is 8.84. The van der Waals surface area contributed by atoms with Gasteiger partial charge in [-0.2, -0.15) is 0 Å². The molecule has 1 aliphatic heterocycles. The van der Waals surface area contributed by atoms with Crippen LogP contribution >= 0.6 is 0 Å². The minimum atomic E-state index is -0.899. The monoisotopic (exact) mass is 289 g/mol. The Labute approximate surface area is 125 Å².